The summed E-state index contributed by atoms with van der Waals surface area (Å²) in [5, 5.41) is 5.77. The van der Waals surface area contributed by atoms with Crippen LogP contribution in [0, 0.1) is 0 Å². The van der Waals surface area contributed by atoms with Crippen LogP contribution in [0.5, 0.6) is 0 Å². The maximum absolute atomic E-state index is 12.1. The molecular formula is C22H23N3OS. The van der Waals surface area contributed by atoms with Gasteiger partial charge in [-0.3, -0.25) is 9.78 Å². The van der Waals surface area contributed by atoms with Gasteiger partial charge in [0.25, 0.3) is 0 Å². The van der Waals surface area contributed by atoms with Crippen LogP contribution in [-0.4, -0.2) is 15.9 Å². The van der Waals surface area contributed by atoms with E-state index in [0.717, 1.165) is 21.8 Å². The van der Waals surface area contributed by atoms with Crippen LogP contribution < -0.4 is 5.32 Å². The Hall–Kier alpha value is -2.79. The lowest BCUT2D eigenvalue weighted by molar-refractivity contribution is -0.116. The summed E-state index contributed by atoms with van der Waals surface area (Å²) in [7, 11) is 0. The van der Waals surface area contributed by atoms with E-state index < -0.39 is 0 Å². The molecule has 1 aromatic carbocycles. The zero-order valence-electron chi connectivity index (χ0n) is 15.8. The molecule has 2 aromatic heterocycles. The van der Waals surface area contributed by atoms with Gasteiger partial charge in [0, 0.05) is 29.4 Å². The molecule has 0 atom stereocenters. The standard InChI is InChI=1S/C22H23N3OS/c1-22(2,3)18-7-4-16(5-8-18)6-9-20(26)24-14-19-15-27-21(25-19)17-10-12-23-13-11-17/h4-13,15H,14H2,1-3H3,(H,24,26)/b9-6+. The van der Waals surface area contributed by atoms with Gasteiger partial charge in [0.2, 0.25) is 5.91 Å². The molecule has 0 saturated heterocycles. The van der Waals surface area contributed by atoms with Gasteiger partial charge in [-0.25, -0.2) is 4.98 Å². The Morgan fingerprint density at radius 2 is 1.81 bits per heavy atom. The predicted molar refractivity (Wildman–Crippen MR) is 111 cm³/mol. The van der Waals surface area contributed by atoms with Crippen LogP contribution in [0.25, 0.3) is 16.6 Å². The van der Waals surface area contributed by atoms with Crippen molar-refractivity contribution < 1.29 is 4.79 Å². The maximum Gasteiger partial charge on any atom is 0.244 e. The molecule has 0 spiro atoms. The van der Waals surface area contributed by atoms with Gasteiger partial charge < -0.3 is 5.32 Å². The molecule has 1 amide bonds. The van der Waals surface area contributed by atoms with E-state index in [-0.39, 0.29) is 11.3 Å². The molecular weight excluding hydrogens is 354 g/mol. The highest BCUT2D eigenvalue weighted by Crippen LogP contribution is 2.23. The molecule has 0 aliphatic carbocycles. The van der Waals surface area contributed by atoms with Crippen LogP contribution in [0.3, 0.4) is 0 Å². The Balaban J connectivity index is 1.54. The summed E-state index contributed by atoms with van der Waals surface area (Å²) in [4.78, 5) is 20.6. The van der Waals surface area contributed by atoms with Crippen molar-refractivity contribution in [3.8, 4) is 10.6 Å². The zero-order valence-corrected chi connectivity index (χ0v) is 16.6. The summed E-state index contributed by atoms with van der Waals surface area (Å²) >= 11 is 1.56. The number of rotatable bonds is 5. The molecule has 1 N–H and O–H groups in total. The van der Waals surface area contributed by atoms with Gasteiger partial charge in [-0.2, -0.15) is 0 Å². The van der Waals surface area contributed by atoms with Crippen molar-refractivity contribution in [3.63, 3.8) is 0 Å². The number of hydrogen-bond donors (Lipinski definition) is 1. The summed E-state index contributed by atoms with van der Waals surface area (Å²) < 4.78 is 0. The number of carbonyl (C=O) groups is 1. The van der Waals surface area contributed by atoms with Crippen LogP contribution >= 0.6 is 11.3 Å². The number of benzene rings is 1. The van der Waals surface area contributed by atoms with E-state index in [2.05, 4.69) is 48.2 Å². The van der Waals surface area contributed by atoms with Crippen LogP contribution in [0.4, 0.5) is 0 Å². The highest BCUT2D eigenvalue weighted by molar-refractivity contribution is 7.13. The van der Waals surface area contributed by atoms with Gasteiger partial charge >= 0.3 is 0 Å². The summed E-state index contributed by atoms with van der Waals surface area (Å²) in [5.74, 6) is -0.131. The summed E-state index contributed by atoms with van der Waals surface area (Å²) in [6.45, 7) is 6.96. The van der Waals surface area contributed by atoms with Crippen molar-refractivity contribution in [2.45, 2.75) is 32.7 Å². The molecule has 0 saturated carbocycles. The molecule has 0 aliphatic rings. The molecule has 27 heavy (non-hydrogen) atoms. The van der Waals surface area contributed by atoms with E-state index in [4.69, 9.17) is 0 Å². The van der Waals surface area contributed by atoms with E-state index in [1.807, 2.05) is 35.7 Å². The SMILES string of the molecule is CC(C)(C)c1ccc(/C=C/C(=O)NCc2csc(-c3ccncc3)n2)cc1. The second-order valence-electron chi connectivity index (χ2n) is 7.30. The quantitative estimate of drug-likeness (QED) is 0.648. The number of carbonyl (C=O) groups excluding carboxylic acids is 1. The molecule has 3 aromatic rings. The van der Waals surface area contributed by atoms with Gasteiger partial charge in [-0.15, -0.1) is 11.3 Å². The largest absolute Gasteiger partial charge is 0.347 e. The normalized spacial score (nSPS) is 11.7. The van der Waals surface area contributed by atoms with Crippen LogP contribution in [-0.2, 0) is 16.8 Å². The molecule has 5 heteroatoms. The molecule has 0 unspecified atom stereocenters. The lowest BCUT2D eigenvalue weighted by Crippen LogP contribution is -2.20. The molecule has 0 aliphatic heterocycles. The third-order valence-corrected chi connectivity index (χ3v) is 5.07. The first-order valence-corrected chi connectivity index (χ1v) is 9.71. The Morgan fingerprint density at radius 1 is 1.11 bits per heavy atom. The molecule has 138 valence electrons. The zero-order chi connectivity index (χ0) is 19.3. The average molecular weight is 378 g/mol. The maximum atomic E-state index is 12.1. The van der Waals surface area contributed by atoms with Gasteiger partial charge in [-0.1, -0.05) is 45.0 Å². The van der Waals surface area contributed by atoms with Gasteiger partial charge in [-0.05, 0) is 34.8 Å². The number of pyridine rings is 1. The van der Waals surface area contributed by atoms with Crippen molar-refractivity contribution in [2.24, 2.45) is 0 Å². The fraction of sp³-hybridized carbons (Fsp3) is 0.227. The third-order valence-electron chi connectivity index (χ3n) is 4.13. The predicted octanol–water partition coefficient (Wildman–Crippen LogP) is 4.83. The van der Waals surface area contributed by atoms with Crippen LogP contribution in [0.1, 0.15) is 37.6 Å². The van der Waals surface area contributed by atoms with Gasteiger partial charge in [0.1, 0.15) is 5.01 Å². The molecule has 0 fully saturated rings. The fourth-order valence-electron chi connectivity index (χ4n) is 2.52. The van der Waals surface area contributed by atoms with E-state index in [0.29, 0.717) is 6.54 Å². The molecule has 3 rings (SSSR count). The van der Waals surface area contributed by atoms with Crippen molar-refractivity contribution in [1.82, 2.24) is 15.3 Å². The van der Waals surface area contributed by atoms with Gasteiger partial charge in [0.05, 0.1) is 12.2 Å². The average Bonchev–Trinajstić information content (AvgIpc) is 3.14. The number of hydrogen-bond acceptors (Lipinski definition) is 4. The van der Waals surface area contributed by atoms with E-state index in [1.54, 1.807) is 29.8 Å². The summed E-state index contributed by atoms with van der Waals surface area (Å²) in [5.41, 5.74) is 4.29. The first-order valence-electron chi connectivity index (χ1n) is 8.83. The van der Waals surface area contributed by atoms with Crippen molar-refractivity contribution in [3.05, 3.63) is 77.1 Å². The topological polar surface area (TPSA) is 54.9 Å². The molecule has 2 heterocycles. The number of amides is 1. The Kier molecular flexibility index (Phi) is 5.81. The second kappa shape index (κ2) is 8.27. The van der Waals surface area contributed by atoms with Crippen LogP contribution in [0.2, 0.25) is 0 Å². The van der Waals surface area contributed by atoms with Crippen molar-refractivity contribution in [2.75, 3.05) is 0 Å². The monoisotopic (exact) mass is 377 g/mol. The minimum atomic E-state index is -0.131. The third kappa shape index (κ3) is 5.34. The van der Waals surface area contributed by atoms with E-state index >= 15 is 0 Å². The lowest BCUT2D eigenvalue weighted by Gasteiger charge is -2.18. The van der Waals surface area contributed by atoms with Crippen molar-refractivity contribution in [1.29, 1.82) is 0 Å². The Morgan fingerprint density at radius 3 is 2.48 bits per heavy atom. The van der Waals surface area contributed by atoms with Crippen LogP contribution in [0.15, 0.2) is 60.2 Å². The first-order chi connectivity index (χ1) is 12.9. The highest BCUT2D eigenvalue weighted by atomic mass is 32.1. The fourth-order valence-corrected chi connectivity index (χ4v) is 3.34. The van der Waals surface area contributed by atoms with Crippen molar-refractivity contribution >= 4 is 23.3 Å². The summed E-state index contributed by atoms with van der Waals surface area (Å²) in [6.07, 6.45) is 6.88. The summed E-state index contributed by atoms with van der Waals surface area (Å²) in [6, 6.07) is 12.1. The Labute approximate surface area is 164 Å². The second-order valence-corrected chi connectivity index (χ2v) is 8.16. The van der Waals surface area contributed by atoms with Gasteiger partial charge in [0.15, 0.2) is 0 Å². The molecule has 0 bridgehead atoms. The highest BCUT2D eigenvalue weighted by Gasteiger charge is 2.12. The Bertz CT molecular complexity index is 922. The van der Waals surface area contributed by atoms with E-state index in [9.17, 15) is 4.79 Å². The number of nitrogens with one attached hydrogen (secondary N) is 1. The molecule has 4 nitrogen and oxygen atoms in total. The minimum Gasteiger partial charge on any atom is -0.347 e. The molecule has 0 radical (unpaired) electrons. The lowest BCUT2D eigenvalue weighted by atomic mass is 9.87. The smallest absolute Gasteiger partial charge is 0.244 e. The number of nitrogens with zero attached hydrogens (tertiary/aromatic N) is 2. The first kappa shape index (κ1) is 19.0. The number of aromatic nitrogens is 2. The number of thiazole rings is 1. The van der Waals surface area contributed by atoms with E-state index in [1.165, 1.54) is 5.56 Å². The minimum absolute atomic E-state index is 0.127.